The summed E-state index contributed by atoms with van der Waals surface area (Å²) in [4.78, 5) is 12.3. The van der Waals surface area contributed by atoms with E-state index in [9.17, 15) is 9.00 Å². The van der Waals surface area contributed by atoms with Crippen molar-refractivity contribution in [2.45, 2.75) is 19.1 Å². The summed E-state index contributed by atoms with van der Waals surface area (Å²) in [6, 6.07) is 3.36. The van der Waals surface area contributed by atoms with Crippen LogP contribution in [0.15, 0.2) is 12.1 Å². The molecule has 0 spiro atoms. The van der Waals surface area contributed by atoms with Crippen molar-refractivity contribution in [3.05, 3.63) is 21.3 Å². The van der Waals surface area contributed by atoms with Crippen LogP contribution < -0.4 is 0 Å². The predicted octanol–water partition coefficient (Wildman–Crippen LogP) is 2.74. The maximum absolute atomic E-state index is 11.7. The third-order valence-corrected chi connectivity index (χ3v) is 4.68. The average molecular weight is 251 g/mol. The van der Waals surface area contributed by atoms with Gasteiger partial charge in [0.15, 0.2) is 5.78 Å². The van der Waals surface area contributed by atoms with Crippen LogP contribution in [0.5, 0.6) is 0 Å². The summed E-state index contributed by atoms with van der Waals surface area (Å²) >= 11 is 6.95. The molecule has 0 aliphatic rings. The molecule has 1 aromatic heterocycles. The van der Waals surface area contributed by atoms with E-state index in [1.807, 2.05) is 0 Å². The van der Waals surface area contributed by atoms with Crippen LogP contribution >= 0.6 is 22.9 Å². The molecule has 78 valence electrons. The molecule has 0 N–H and O–H groups in total. The zero-order valence-electron chi connectivity index (χ0n) is 7.95. The maximum Gasteiger partial charge on any atom is 0.188 e. The second-order valence-electron chi connectivity index (χ2n) is 2.78. The molecule has 0 amide bonds. The Morgan fingerprint density at radius 3 is 2.71 bits per heavy atom. The number of carbonyl (C=O) groups is 1. The van der Waals surface area contributed by atoms with E-state index in [1.165, 1.54) is 11.3 Å². The summed E-state index contributed by atoms with van der Waals surface area (Å²) < 4.78 is 12.0. The summed E-state index contributed by atoms with van der Waals surface area (Å²) in [5.41, 5.74) is 0. The topological polar surface area (TPSA) is 34.1 Å². The minimum absolute atomic E-state index is 0.0814. The number of hydrogen-bond donors (Lipinski definition) is 0. The molecule has 0 saturated carbocycles. The van der Waals surface area contributed by atoms with Gasteiger partial charge in [0.1, 0.15) is 0 Å². The van der Waals surface area contributed by atoms with E-state index in [-0.39, 0.29) is 5.78 Å². The molecule has 0 aliphatic carbocycles. The number of Topliss-reactive ketones (excluding diaryl/α,β-unsaturated/α-hetero) is 1. The summed E-state index contributed by atoms with van der Waals surface area (Å²) in [7, 11) is -1.08. The third-order valence-electron chi connectivity index (χ3n) is 1.86. The van der Waals surface area contributed by atoms with Gasteiger partial charge in [0.05, 0.1) is 14.5 Å². The van der Waals surface area contributed by atoms with Crippen LogP contribution in [0.2, 0.25) is 4.34 Å². The van der Waals surface area contributed by atoms with Crippen molar-refractivity contribution in [1.29, 1.82) is 0 Å². The molecule has 0 saturated heterocycles. The highest BCUT2D eigenvalue weighted by Gasteiger charge is 2.21. The minimum atomic E-state index is -1.08. The Morgan fingerprint density at radius 2 is 2.29 bits per heavy atom. The second-order valence-corrected chi connectivity index (χ2v) is 6.54. The SMILES string of the molecule is CCS(=O)C(C)C(=O)c1ccc(Cl)s1. The summed E-state index contributed by atoms with van der Waals surface area (Å²) in [5, 5.41) is -0.435. The van der Waals surface area contributed by atoms with Crippen molar-refractivity contribution in [2.75, 3.05) is 5.75 Å². The predicted molar refractivity (Wildman–Crippen MR) is 61.8 cm³/mol. The molecule has 2 nitrogen and oxygen atoms in total. The largest absolute Gasteiger partial charge is 0.292 e. The van der Waals surface area contributed by atoms with Gasteiger partial charge in [0.25, 0.3) is 0 Å². The highest BCUT2D eigenvalue weighted by molar-refractivity contribution is 7.86. The first-order valence-electron chi connectivity index (χ1n) is 4.23. The van der Waals surface area contributed by atoms with Gasteiger partial charge in [-0.3, -0.25) is 9.00 Å². The molecule has 1 heterocycles. The molecule has 2 atom stereocenters. The Balaban J connectivity index is 2.80. The number of hydrogen-bond acceptors (Lipinski definition) is 3. The zero-order chi connectivity index (χ0) is 10.7. The molecule has 5 heteroatoms. The normalized spacial score (nSPS) is 15.1. The fourth-order valence-electron chi connectivity index (χ4n) is 1.02. The first-order valence-corrected chi connectivity index (χ1v) is 6.80. The van der Waals surface area contributed by atoms with E-state index >= 15 is 0 Å². The molecule has 0 radical (unpaired) electrons. The lowest BCUT2D eigenvalue weighted by atomic mass is 10.2. The molecule has 14 heavy (non-hydrogen) atoms. The van der Waals surface area contributed by atoms with Crippen LogP contribution in [0.25, 0.3) is 0 Å². The number of rotatable bonds is 4. The van der Waals surface area contributed by atoms with E-state index in [4.69, 9.17) is 11.6 Å². The van der Waals surface area contributed by atoms with Crippen molar-refractivity contribution in [3.8, 4) is 0 Å². The van der Waals surface area contributed by atoms with Crippen LogP contribution in [0.3, 0.4) is 0 Å². The lowest BCUT2D eigenvalue weighted by Gasteiger charge is -2.06. The third kappa shape index (κ3) is 2.65. The van der Waals surface area contributed by atoms with E-state index in [1.54, 1.807) is 26.0 Å². The van der Waals surface area contributed by atoms with Gasteiger partial charge in [-0.2, -0.15) is 0 Å². The standard InChI is InChI=1S/C9H11ClO2S2/c1-3-14(12)6(2)9(11)7-4-5-8(10)13-7/h4-6H,3H2,1-2H3. The van der Waals surface area contributed by atoms with Crippen LogP contribution in [0, 0.1) is 0 Å². The number of thiophene rings is 1. The van der Waals surface area contributed by atoms with Gasteiger partial charge in [-0.15, -0.1) is 11.3 Å². The Bertz CT molecular complexity index is 359. The smallest absolute Gasteiger partial charge is 0.188 e. The molecule has 1 rings (SSSR count). The van der Waals surface area contributed by atoms with Gasteiger partial charge < -0.3 is 0 Å². The first-order chi connectivity index (χ1) is 6.56. The molecule has 2 unspecified atom stereocenters. The lowest BCUT2D eigenvalue weighted by Crippen LogP contribution is -2.22. The van der Waals surface area contributed by atoms with Gasteiger partial charge in [-0.05, 0) is 19.1 Å². The van der Waals surface area contributed by atoms with Crippen LogP contribution in [0.4, 0.5) is 0 Å². The van der Waals surface area contributed by atoms with Crippen molar-refractivity contribution in [2.24, 2.45) is 0 Å². The van der Waals surface area contributed by atoms with E-state index < -0.39 is 16.0 Å². The Hall–Kier alpha value is -0.190. The number of carbonyl (C=O) groups excluding carboxylic acids is 1. The van der Waals surface area contributed by atoms with Crippen molar-refractivity contribution < 1.29 is 9.00 Å². The maximum atomic E-state index is 11.7. The Morgan fingerprint density at radius 1 is 1.64 bits per heavy atom. The fraction of sp³-hybridized carbons (Fsp3) is 0.444. The van der Waals surface area contributed by atoms with Gasteiger partial charge in [-0.25, -0.2) is 0 Å². The zero-order valence-corrected chi connectivity index (χ0v) is 10.3. The minimum Gasteiger partial charge on any atom is -0.292 e. The van der Waals surface area contributed by atoms with E-state index in [2.05, 4.69) is 0 Å². The van der Waals surface area contributed by atoms with Crippen molar-refractivity contribution in [1.82, 2.24) is 0 Å². The van der Waals surface area contributed by atoms with Crippen LogP contribution in [0.1, 0.15) is 23.5 Å². The lowest BCUT2D eigenvalue weighted by molar-refractivity contribution is 0.0996. The number of ketones is 1. The number of halogens is 1. The molecular weight excluding hydrogens is 240 g/mol. The fourth-order valence-corrected chi connectivity index (χ4v) is 3.03. The van der Waals surface area contributed by atoms with Crippen molar-refractivity contribution >= 4 is 39.5 Å². The summed E-state index contributed by atoms with van der Waals surface area (Å²) in [6.45, 7) is 3.50. The highest BCUT2D eigenvalue weighted by atomic mass is 35.5. The van der Waals surface area contributed by atoms with Gasteiger partial charge in [0, 0.05) is 16.6 Å². The van der Waals surface area contributed by atoms with Crippen LogP contribution in [-0.4, -0.2) is 21.0 Å². The molecule has 0 bridgehead atoms. The summed E-state index contributed by atoms with van der Waals surface area (Å²) in [6.07, 6.45) is 0. The van der Waals surface area contributed by atoms with Crippen molar-refractivity contribution in [3.63, 3.8) is 0 Å². The second kappa shape index (κ2) is 5.05. The quantitative estimate of drug-likeness (QED) is 0.770. The van der Waals surface area contributed by atoms with Crippen LogP contribution in [-0.2, 0) is 10.8 Å². The Labute approximate surface area is 94.7 Å². The van der Waals surface area contributed by atoms with Gasteiger partial charge in [-0.1, -0.05) is 18.5 Å². The summed E-state index contributed by atoms with van der Waals surface area (Å²) in [5.74, 6) is 0.425. The highest BCUT2D eigenvalue weighted by Crippen LogP contribution is 2.23. The van der Waals surface area contributed by atoms with E-state index in [0.717, 1.165) is 0 Å². The van der Waals surface area contributed by atoms with E-state index in [0.29, 0.717) is 15.0 Å². The molecule has 0 aromatic carbocycles. The molecule has 0 fully saturated rings. The Kier molecular flexibility index (Phi) is 4.29. The first kappa shape index (κ1) is 11.9. The van der Waals surface area contributed by atoms with Gasteiger partial charge in [0.2, 0.25) is 0 Å². The monoisotopic (exact) mass is 250 g/mol. The molecule has 1 aromatic rings. The average Bonchev–Trinajstić information content (AvgIpc) is 2.61. The molecular formula is C9H11ClO2S2. The molecule has 0 aliphatic heterocycles. The van der Waals surface area contributed by atoms with Gasteiger partial charge >= 0.3 is 0 Å².